The minimum atomic E-state index is -0.555. The minimum absolute atomic E-state index is 0.0847. The highest BCUT2D eigenvalue weighted by Crippen LogP contribution is 2.34. The molecule has 10 heteroatoms. The number of likely N-dealkylation sites (tertiary alicyclic amines) is 1. The summed E-state index contributed by atoms with van der Waals surface area (Å²) >= 11 is 0. The Balaban J connectivity index is 1.43. The molecule has 0 saturated carbocycles. The van der Waals surface area contributed by atoms with Gasteiger partial charge in [0, 0.05) is 18.7 Å². The third kappa shape index (κ3) is 5.13. The van der Waals surface area contributed by atoms with Gasteiger partial charge in [0.2, 0.25) is 0 Å². The van der Waals surface area contributed by atoms with E-state index in [1.54, 1.807) is 9.58 Å². The Morgan fingerprint density at radius 3 is 2.32 bits per heavy atom. The van der Waals surface area contributed by atoms with Crippen molar-refractivity contribution in [2.45, 2.75) is 45.3 Å². The van der Waals surface area contributed by atoms with Gasteiger partial charge in [-0.3, -0.25) is 9.48 Å². The molecule has 0 bridgehead atoms. The van der Waals surface area contributed by atoms with Crippen molar-refractivity contribution in [1.29, 1.82) is 0 Å². The van der Waals surface area contributed by atoms with Crippen LogP contribution in [0.5, 0.6) is 11.5 Å². The average Bonchev–Trinajstić information content (AvgIpc) is 3.29. The summed E-state index contributed by atoms with van der Waals surface area (Å²) in [7, 11) is 0. The summed E-state index contributed by atoms with van der Waals surface area (Å²) in [4.78, 5) is 27.1. The maximum Gasteiger partial charge on any atom is 0.410 e. The molecule has 3 N–H and O–H groups in total. The van der Waals surface area contributed by atoms with E-state index in [0.717, 1.165) is 11.3 Å². The monoisotopic (exact) mass is 502 g/mol. The molecule has 10 nitrogen and oxygen atoms in total. The number of nitrogens with two attached hydrogens (primary N) is 1. The first-order valence-corrected chi connectivity index (χ1v) is 12.3. The Hall–Kier alpha value is -4.34. The molecular weight excluding hydrogens is 472 g/mol. The molecule has 1 amide bonds. The SMILES string of the molecule is CC(C)(C)OC(=O)N1CCC(n2nc(-c3ccc(Oc4ccccc4)cc3)c3c(N)n[nH]c(=O)c32)CC1. The number of nitrogens with one attached hydrogen (secondary N) is 1. The second-order valence-corrected chi connectivity index (χ2v) is 10.1. The fraction of sp³-hybridized carbons (Fsp3) is 0.333. The second kappa shape index (κ2) is 9.61. The van der Waals surface area contributed by atoms with Crippen molar-refractivity contribution in [3.63, 3.8) is 0 Å². The molecule has 4 aromatic rings. The van der Waals surface area contributed by atoms with Gasteiger partial charge in [-0.1, -0.05) is 18.2 Å². The van der Waals surface area contributed by atoms with Gasteiger partial charge in [-0.15, -0.1) is 0 Å². The number of H-pyrrole nitrogens is 1. The summed E-state index contributed by atoms with van der Waals surface area (Å²) in [5, 5.41) is 11.8. The molecular formula is C27H30N6O4. The first kappa shape index (κ1) is 24.4. The van der Waals surface area contributed by atoms with Crippen LogP contribution in [-0.4, -0.2) is 49.7 Å². The van der Waals surface area contributed by atoms with Crippen molar-refractivity contribution in [2.75, 3.05) is 18.8 Å². The van der Waals surface area contributed by atoms with Crippen LogP contribution in [0.3, 0.4) is 0 Å². The lowest BCUT2D eigenvalue weighted by Crippen LogP contribution is -2.42. The summed E-state index contributed by atoms with van der Waals surface area (Å²) in [6, 6.07) is 16.9. The number of aromatic amines is 1. The Morgan fingerprint density at radius 2 is 1.68 bits per heavy atom. The number of nitrogens with zero attached hydrogens (tertiary/aromatic N) is 4. The van der Waals surface area contributed by atoms with Crippen molar-refractivity contribution in [2.24, 2.45) is 0 Å². The predicted octanol–water partition coefficient (Wildman–Crippen LogP) is 4.73. The third-order valence-electron chi connectivity index (χ3n) is 6.23. The molecule has 0 aliphatic carbocycles. The number of rotatable bonds is 4. The Morgan fingerprint density at radius 1 is 1.03 bits per heavy atom. The zero-order valence-corrected chi connectivity index (χ0v) is 21.1. The number of benzene rings is 2. The van der Waals surface area contributed by atoms with Crippen LogP contribution in [0.15, 0.2) is 59.4 Å². The lowest BCUT2D eigenvalue weighted by atomic mass is 10.1. The lowest BCUT2D eigenvalue weighted by Gasteiger charge is -2.33. The molecule has 37 heavy (non-hydrogen) atoms. The summed E-state index contributed by atoms with van der Waals surface area (Å²) in [5.41, 5.74) is 7.06. The number of aromatic nitrogens is 4. The van der Waals surface area contributed by atoms with Crippen molar-refractivity contribution in [3.8, 4) is 22.8 Å². The van der Waals surface area contributed by atoms with E-state index in [1.165, 1.54) is 0 Å². The number of ether oxygens (including phenoxy) is 2. The van der Waals surface area contributed by atoms with E-state index < -0.39 is 5.60 Å². The second-order valence-electron chi connectivity index (χ2n) is 10.1. The number of para-hydroxylation sites is 1. The van der Waals surface area contributed by atoms with Crippen molar-refractivity contribution >= 4 is 22.8 Å². The van der Waals surface area contributed by atoms with Crippen LogP contribution in [0.4, 0.5) is 10.6 Å². The van der Waals surface area contributed by atoms with Gasteiger partial charge in [-0.2, -0.15) is 10.2 Å². The largest absolute Gasteiger partial charge is 0.457 e. The van der Waals surface area contributed by atoms with E-state index in [-0.39, 0.29) is 23.5 Å². The molecule has 0 spiro atoms. The molecule has 1 saturated heterocycles. The normalized spacial score (nSPS) is 14.6. The number of hydrogen-bond acceptors (Lipinski definition) is 7. The number of carbonyl (C=O) groups excluding carboxylic acids is 1. The smallest absolute Gasteiger partial charge is 0.410 e. The highest BCUT2D eigenvalue weighted by atomic mass is 16.6. The summed E-state index contributed by atoms with van der Waals surface area (Å²) in [5.74, 6) is 1.62. The number of carbonyl (C=O) groups is 1. The minimum Gasteiger partial charge on any atom is -0.457 e. The average molecular weight is 503 g/mol. The van der Waals surface area contributed by atoms with E-state index in [4.69, 9.17) is 20.3 Å². The van der Waals surface area contributed by atoms with E-state index in [1.807, 2.05) is 75.4 Å². The van der Waals surface area contributed by atoms with E-state index >= 15 is 0 Å². The van der Waals surface area contributed by atoms with Crippen LogP contribution in [0.2, 0.25) is 0 Å². The zero-order valence-electron chi connectivity index (χ0n) is 21.1. The maximum atomic E-state index is 12.9. The Bertz CT molecular complexity index is 1460. The highest BCUT2D eigenvalue weighted by molar-refractivity contribution is 5.99. The first-order chi connectivity index (χ1) is 17.7. The molecule has 0 radical (unpaired) electrons. The van der Waals surface area contributed by atoms with E-state index in [2.05, 4.69) is 10.2 Å². The lowest BCUT2D eigenvalue weighted by molar-refractivity contribution is 0.0186. The van der Waals surface area contributed by atoms with Crippen LogP contribution in [0, 0.1) is 0 Å². The summed E-state index contributed by atoms with van der Waals surface area (Å²) < 4.78 is 13.1. The zero-order chi connectivity index (χ0) is 26.2. The van der Waals surface area contributed by atoms with Crippen molar-refractivity contribution in [1.82, 2.24) is 24.9 Å². The van der Waals surface area contributed by atoms with E-state index in [0.29, 0.717) is 48.3 Å². The molecule has 3 heterocycles. The molecule has 2 aromatic carbocycles. The van der Waals surface area contributed by atoms with E-state index in [9.17, 15) is 9.59 Å². The van der Waals surface area contributed by atoms with Gasteiger partial charge in [-0.05, 0) is 70.0 Å². The molecule has 2 aromatic heterocycles. The summed E-state index contributed by atoms with van der Waals surface area (Å²) in [6.45, 7) is 6.54. The van der Waals surface area contributed by atoms with Crippen LogP contribution in [-0.2, 0) is 4.74 Å². The fourth-order valence-electron chi connectivity index (χ4n) is 4.51. The van der Waals surface area contributed by atoms with Gasteiger partial charge < -0.3 is 20.1 Å². The van der Waals surface area contributed by atoms with Gasteiger partial charge in [0.1, 0.15) is 28.3 Å². The highest BCUT2D eigenvalue weighted by Gasteiger charge is 2.30. The number of fused-ring (bicyclic) bond motifs is 1. The van der Waals surface area contributed by atoms with Crippen LogP contribution >= 0.6 is 0 Å². The molecule has 1 aliphatic rings. The van der Waals surface area contributed by atoms with Crippen molar-refractivity contribution < 1.29 is 14.3 Å². The number of anilines is 1. The molecule has 1 aliphatic heterocycles. The quantitative estimate of drug-likeness (QED) is 0.413. The maximum absolute atomic E-state index is 12.9. The molecule has 1 fully saturated rings. The Labute approximate surface area is 214 Å². The molecule has 0 unspecified atom stereocenters. The van der Waals surface area contributed by atoms with Gasteiger partial charge in [-0.25, -0.2) is 9.89 Å². The number of hydrogen-bond donors (Lipinski definition) is 2. The van der Waals surface area contributed by atoms with Gasteiger partial charge in [0.25, 0.3) is 5.56 Å². The number of piperidine rings is 1. The number of amides is 1. The van der Waals surface area contributed by atoms with Crippen molar-refractivity contribution in [3.05, 3.63) is 65.0 Å². The first-order valence-electron chi connectivity index (χ1n) is 12.3. The molecule has 5 rings (SSSR count). The predicted molar refractivity (Wildman–Crippen MR) is 141 cm³/mol. The third-order valence-corrected chi connectivity index (χ3v) is 6.23. The molecule has 192 valence electrons. The fourth-order valence-corrected chi connectivity index (χ4v) is 4.51. The van der Waals surface area contributed by atoms with Gasteiger partial charge in [0.15, 0.2) is 5.82 Å². The topological polar surface area (TPSA) is 128 Å². The summed E-state index contributed by atoms with van der Waals surface area (Å²) in [6.07, 6.45) is 0.920. The van der Waals surface area contributed by atoms with Gasteiger partial charge in [0.05, 0.1) is 11.4 Å². The van der Waals surface area contributed by atoms with Crippen LogP contribution in [0.25, 0.3) is 22.2 Å². The Kier molecular flexibility index (Phi) is 6.32. The number of nitrogen functional groups attached to an aromatic ring is 1. The van der Waals surface area contributed by atoms with Crippen LogP contribution < -0.4 is 16.0 Å². The molecule has 0 atom stereocenters. The van der Waals surface area contributed by atoms with Crippen LogP contribution in [0.1, 0.15) is 39.7 Å². The standard InChI is InChI=1S/C27H30N6O4/c1-27(2,3)37-26(35)32-15-13-18(14-16-32)33-23-21(24(28)29-30-25(23)34)22(31-33)17-9-11-20(12-10-17)36-19-7-5-4-6-8-19/h4-12,18H,13-16H2,1-3H3,(H2,28,29)(H,30,34). The van der Waals surface area contributed by atoms with Gasteiger partial charge >= 0.3 is 6.09 Å².